The number of aliphatic imine (C=N–C) groups is 1. The summed E-state index contributed by atoms with van der Waals surface area (Å²) in [5.41, 5.74) is 0. The molecule has 2 atom stereocenters. The number of nitrogens with one attached hydrogen (secondary N) is 2. The van der Waals surface area contributed by atoms with Crippen molar-refractivity contribution in [2.24, 2.45) is 4.99 Å². The van der Waals surface area contributed by atoms with Crippen LogP contribution in [-0.2, 0) is 0 Å². The Labute approximate surface area is 185 Å². The van der Waals surface area contributed by atoms with Gasteiger partial charge in [-0.1, -0.05) is 6.92 Å². The molecule has 2 aliphatic rings. The molecule has 6 nitrogen and oxygen atoms in total. The molecule has 2 aliphatic heterocycles. The average Bonchev–Trinajstić information content (AvgIpc) is 3.35. The number of anilines is 1. The van der Waals surface area contributed by atoms with Gasteiger partial charge in [0.2, 0.25) is 0 Å². The largest absolute Gasteiger partial charge is 0.357 e. The third kappa shape index (κ3) is 6.17. The molecule has 2 N–H and O–H groups in total. The summed E-state index contributed by atoms with van der Waals surface area (Å²) in [6.07, 6.45) is 6.33. The number of rotatable bonds is 7. The summed E-state index contributed by atoms with van der Waals surface area (Å²) in [5.74, 6) is 1.06. The van der Waals surface area contributed by atoms with Crippen LogP contribution in [0.25, 0.3) is 0 Å². The van der Waals surface area contributed by atoms with Crippen LogP contribution in [0.1, 0.15) is 39.5 Å². The van der Waals surface area contributed by atoms with Gasteiger partial charge in [-0.2, -0.15) is 0 Å². The van der Waals surface area contributed by atoms with Gasteiger partial charge in [-0.25, -0.2) is 9.37 Å². The highest BCUT2D eigenvalue weighted by Gasteiger charge is 2.26. The SMILES string of the molecule is CCNC(=NCC(CC)N1CCCC1)NC1CCN(c2ncccc2F)C1.I. The quantitative estimate of drug-likeness (QED) is 0.340. The topological polar surface area (TPSA) is 55.8 Å². The molecule has 8 heteroatoms. The van der Waals surface area contributed by atoms with Crippen molar-refractivity contribution in [1.29, 1.82) is 0 Å². The standard InChI is InChI=1S/C20H33FN6.HI/c1-3-17(26-11-5-6-12-26)14-24-20(22-4-2)25-16-9-13-27(15-16)19-18(21)8-7-10-23-19;/h7-8,10,16-17H,3-6,9,11-15H2,1-2H3,(H2,22,24,25);1H. The predicted octanol–water partition coefficient (Wildman–Crippen LogP) is 2.85. The van der Waals surface area contributed by atoms with Crippen LogP contribution in [0.4, 0.5) is 10.2 Å². The molecule has 2 fully saturated rings. The van der Waals surface area contributed by atoms with Gasteiger partial charge < -0.3 is 15.5 Å². The van der Waals surface area contributed by atoms with Crippen molar-refractivity contribution >= 4 is 35.8 Å². The maximum absolute atomic E-state index is 14.0. The van der Waals surface area contributed by atoms with Crippen molar-refractivity contribution in [2.75, 3.05) is 44.2 Å². The number of hydrogen-bond donors (Lipinski definition) is 2. The van der Waals surface area contributed by atoms with Crippen LogP contribution in [0.3, 0.4) is 0 Å². The third-order valence-electron chi connectivity index (χ3n) is 5.50. The minimum absolute atomic E-state index is 0. The minimum atomic E-state index is -0.255. The first-order valence-corrected chi connectivity index (χ1v) is 10.4. The second kappa shape index (κ2) is 11.7. The van der Waals surface area contributed by atoms with Crippen LogP contribution in [-0.4, -0.2) is 67.2 Å². The van der Waals surface area contributed by atoms with Gasteiger partial charge in [0.15, 0.2) is 17.6 Å². The van der Waals surface area contributed by atoms with E-state index in [1.165, 1.54) is 32.0 Å². The summed E-state index contributed by atoms with van der Waals surface area (Å²) in [7, 11) is 0. The number of hydrogen-bond acceptors (Lipinski definition) is 4. The Morgan fingerprint density at radius 1 is 1.32 bits per heavy atom. The zero-order valence-corrected chi connectivity index (χ0v) is 19.4. The Bertz CT molecular complexity index is 622. The fourth-order valence-electron chi connectivity index (χ4n) is 4.00. The first kappa shape index (κ1) is 23.1. The van der Waals surface area contributed by atoms with Crippen molar-refractivity contribution in [3.8, 4) is 0 Å². The maximum atomic E-state index is 14.0. The van der Waals surface area contributed by atoms with Crippen LogP contribution in [0.2, 0.25) is 0 Å². The monoisotopic (exact) mass is 504 g/mol. The molecule has 2 saturated heterocycles. The lowest BCUT2D eigenvalue weighted by molar-refractivity contribution is 0.242. The van der Waals surface area contributed by atoms with Gasteiger partial charge in [-0.3, -0.25) is 9.89 Å². The van der Waals surface area contributed by atoms with E-state index in [1.54, 1.807) is 12.3 Å². The van der Waals surface area contributed by atoms with Crippen molar-refractivity contribution in [3.05, 3.63) is 24.1 Å². The van der Waals surface area contributed by atoms with Crippen molar-refractivity contribution in [2.45, 2.75) is 51.6 Å². The summed E-state index contributed by atoms with van der Waals surface area (Å²) in [6, 6.07) is 3.87. The smallest absolute Gasteiger partial charge is 0.191 e. The Hall–Kier alpha value is -1.16. The van der Waals surface area contributed by atoms with Gasteiger partial charge in [0, 0.05) is 37.9 Å². The van der Waals surface area contributed by atoms with Gasteiger partial charge in [0.25, 0.3) is 0 Å². The van der Waals surface area contributed by atoms with E-state index < -0.39 is 0 Å². The normalized spacial score (nSPS) is 21.5. The number of halogens is 2. The highest BCUT2D eigenvalue weighted by molar-refractivity contribution is 14.0. The summed E-state index contributed by atoms with van der Waals surface area (Å²) >= 11 is 0. The van der Waals surface area contributed by atoms with Crippen molar-refractivity contribution in [3.63, 3.8) is 0 Å². The molecule has 0 bridgehead atoms. The molecule has 2 unspecified atom stereocenters. The second-order valence-electron chi connectivity index (χ2n) is 7.41. The molecule has 28 heavy (non-hydrogen) atoms. The highest BCUT2D eigenvalue weighted by Crippen LogP contribution is 2.20. The number of pyridine rings is 1. The molecule has 0 spiro atoms. The summed E-state index contributed by atoms with van der Waals surface area (Å²) in [5, 5.41) is 6.89. The molecule has 0 saturated carbocycles. The minimum Gasteiger partial charge on any atom is -0.357 e. The van der Waals surface area contributed by atoms with Gasteiger partial charge in [-0.15, -0.1) is 24.0 Å². The number of likely N-dealkylation sites (tertiary alicyclic amines) is 1. The van der Waals surface area contributed by atoms with E-state index in [1.807, 2.05) is 4.90 Å². The van der Waals surface area contributed by atoms with Crippen LogP contribution in [0.15, 0.2) is 23.3 Å². The first-order valence-electron chi connectivity index (χ1n) is 10.4. The highest BCUT2D eigenvalue weighted by atomic mass is 127. The molecular formula is C20H34FIN6. The fourth-order valence-corrected chi connectivity index (χ4v) is 4.00. The molecule has 0 radical (unpaired) electrons. The van der Waals surface area contributed by atoms with Gasteiger partial charge in [0.05, 0.1) is 6.54 Å². The molecular weight excluding hydrogens is 470 g/mol. The van der Waals surface area contributed by atoms with E-state index in [-0.39, 0.29) is 35.8 Å². The van der Waals surface area contributed by atoms with E-state index in [0.29, 0.717) is 11.9 Å². The van der Waals surface area contributed by atoms with Gasteiger partial charge in [0.1, 0.15) is 0 Å². The lowest BCUT2D eigenvalue weighted by atomic mass is 10.2. The molecule has 0 aromatic carbocycles. The zero-order valence-electron chi connectivity index (χ0n) is 17.0. The predicted molar refractivity (Wildman–Crippen MR) is 124 cm³/mol. The summed E-state index contributed by atoms with van der Waals surface area (Å²) < 4.78 is 14.0. The maximum Gasteiger partial charge on any atom is 0.191 e. The zero-order chi connectivity index (χ0) is 19.1. The Morgan fingerprint density at radius 3 is 2.79 bits per heavy atom. The van der Waals surface area contributed by atoms with Crippen molar-refractivity contribution < 1.29 is 4.39 Å². The lowest BCUT2D eigenvalue weighted by Gasteiger charge is -2.25. The van der Waals surface area contributed by atoms with Crippen LogP contribution < -0.4 is 15.5 Å². The summed E-state index contributed by atoms with van der Waals surface area (Å²) in [4.78, 5) is 13.6. The number of nitrogens with zero attached hydrogens (tertiary/aromatic N) is 4. The molecule has 158 valence electrons. The Kier molecular flexibility index (Phi) is 9.70. The van der Waals surface area contributed by atoms with Crippen LogP contribution in [0.5, 0.6) is 0 Å². The van der Waals surface area contributed by atoms with Crippen LogP contribution >= 0.6 is 24.0 Å². The van der Waals surface area contributed by atoms with E-state index in [4.69, 9.17) is 4.99 Å². The number of aromatic nitrogens is 1. The molecule has 0 amide bonds. The molecule has 0 aliphatic carbocycles. The molecule has 1 aromatic heterocycles. The molecule has 3 heterocycles. The van der Waals surface area contributed by atoms with E-state index in [2.05, 4.69) is 34.4 Å². The van der Waals surface area contributed by atoms with Crippen LogP contribution in [0, 0.1) is 5.82 Å². The van der Waals surface area contributed by atoms with Crippen molar-refractivity contribution in [1.82, 2.24) is 20.5 Å². The van der Waals surface area contributed by atoms with Gasteiger partial charge >= 0.3 is 0 Å². The van der Waals surface area contributed by atoms with E-state index in [9.17, 15) is 4.39 Å². The van der Waals surface area contributed by atoms with E-state index in [0.717, 1.165) is 45.0 Å². The van der Waals surface area contributed by atoms with Gasteiger partial charge in [-0.05, 0) is 57.8 Å². The fraction of sp³-hybridized carbons (Fsp3) is 0.700. The Morgan fingerprint density at radius 2 is 2.11 bits per heavy atom. The first-order chi connectivity index (χ1) is 13.2. The summed E-state index contributed by atoms with van der Waals surface area (Å²) in [6.45, 7) is 9.91. The molecule has 1 aromatic rings. The van der Waals surface area contributed by atoms with E-state index >= 15 is 0 Å². The third-order valence-corrected chi connectivity index (χ3v) is 5.50. The lowest BCUT2D eigenvalue weighted by Crippen LogP contribution is -2.45. The molecule has 3 rings (SSSR count). The Balaban J connectivity index is 0.00000280. The average molecular weight is 504 g/mol. The number of guanidine groups is 1. The second-order valence-corrected chi connectivity index (χ2v) is 7.41.